The average Bonchev–Trinajstić information content (AvgIpc) is 3.61. The number of benzene rings is 1. The van der Waals surface area contributed by atoms with Gasteiger partial charge in [0, 0.05) is 23.8 Å². The van der Waals surface area contributed by atoms with Gasteiger partial charge in [-0.2, -0.15) is 0 Å². The van der Waals surface area contributed by atoms with Crippen LogP contribution in [0.2, 0.25) is 5.02 Å². The van der Waals surface area contributed by atoms with Crippen molar-refractivity contribution in [2.24, 2.45) is 50.7 Å². The lowest BCUT2D eigenvalue weighted by Gasteiger charge is -2.72. The number of allylic oxidation sites excluding steroid dienone is 2. The first kappa shape index (κ1) is 44.7. The molecule has 1 N–H and O–H groups in total. The number of esters is 1. The number of methoxy groups -OCH3 is 1. The van der Waals surface area contributed by atoms with Gasteiger partial charge in [0.15, 0.2) is 5.78 Å². The fourth-order valence-electron chi connectivity index (χ4n) is 14.2. The molecule has 10 nitrogen and oxygen atoms in total. The van der Waals surface area contributed by atoms with Gasteiger partial charge in [-0.05, 0) is 155 Å². The molecule has 4 saturated carbocycles. The van der Waals surface area contributed by atoms with Crippen molar-refractivity contribution in [1.82, 2.24) is 14.3 Å². The van der Waals surface area contributed by atoms with E-state index >= 15 is 0 Å². The Morgan fingerprint density at radius 2 is 1.60 bits per heavy atom. The highest BCUT2D eigenvalue weighted by molar-refractivity contribution is 6.31. The van der Waals surface area contributed by atoms with Crippen LogP contribution in [0.3, 0.4) is 0 Å². The summed E-state index contributed by atoms with van der Waals surface area (Å²) >= 11 is 7.39. The van der Waals surface area contributed by atoms with Gasteiger partial charge in [-0.1, -0.05) is 60.1 Å². The molecule has 4 fully saturated rings. The van der Waals surface area contributed by atoms with Crippen LogP contribution in [0.25, 0.3) is 5.69 Å². The molecular weight excluding hydrogens is 778 g/mol. The zero-order chi connectivity index (χ0) is 44.1. The average molecular weight is 849 g/mol. The second-order valence-electron chi connectivity index (χ2n) is 21.9. The molecule has 0 bridgehead atoms. The number of carboxylic acids is 1. The van der Waals surface area contributed by atoms with Crippen LogP contribution < -0.4 is 10.3 Å². The monoisotopic (exact) mass is 847 g/mol. The van der Waals surface area contributed by atoms with Crippen molar-refractivity contribution in [2.75, 3.05) is 27.7 Å². The lowest BCUT2D eigenvalue weighted by atomic mass is 9.33. The SMILES string of the molecule is COc1ccc(-n2c(=O)c(Cl)c([C@@]34CC[C@]5(C)[C@H](CC[C@@H]6[C@@]7(C)CC[C@H](OC(=O)CC(C)(C)C(=O)O)C(C)(C)[C@@H]7CC[C@]65C)C3=C(C(C)C)C(=O)C4)n2CCN(C)C)cc1. The van der Waals surface area contributed by atoms with Crippen molar-refractivity contribution >= 4 is 29.3 Å². The van der Waals surface area contributed by atoms with E-state index in [0.717, 1.165) is 62.6 Å². The van der Waals surface area contributed by atoms with Crippen molar-refractivity contribution in [3.05, 3.63) is 56.5 Å². The van der Waals surface area contributed by atoms with E-state index in [9.17, 15) is 24.3 Å². The zero-order valence-electron chi connectivity index (χ0n) is 38.3. The molecule has 5 aliphatic rings. The van der Waals surface area contributed by atoms with Crippen LogP contribution in [0.5, 0.6) is 5.75 Å². The van der Waals surface area contributed by atoms with Crippen LogP contribution in [0, 0.1) is 50.7 Å². The molecule has 330 valence electrons. The molecule has 0 amide bonds. The predicted molar refractivity (Wildman–Crippen MR) is 235 cm³/mol. The van der Waals surface area contributed by atoms with E-state index in [0.29, 0.717) is 42.8 Å². The first-order valence-electron chi connectivity index (χ1n) is 22.4. The number of ketones is 1. The molecule has 0 aliphatic heterocycles. The number of carbonyl (C=O) groups is 3. The molecule has 11 heteroatoms. The standard InChI is InChI=1S/C49H70ClN3O7/c1-29(2)38-33(54)27-49(41-40(50)42(56)53(52(41)26-25-51(10)11)30-13-15-31(59-12)16-14-30)24-23-47(8)32(39(38)49)17-18-35-46(7)21-20-36(60-37(55)28-44(3,4)43(57)58)45(5,6)34(46)19-22-48(35,47)9/h13-16,29,32,34-36H,17-28H2,1-12H3,(H,57,58)/t32-,34+,35-,36+,46+,47-,48-,49-/m1/s1. The van der Waals surface area contributed by atoms with Gasteiger partial charge in [-0.3, -0.25) is 23.9 Å². The molecule has 5 aliphatic carbocycles. The number of ether oxygens (including phenoxy) is 2. The van der Waals surface area contributed by atoms with Crippen molar-refractivity contribution in [1.29, 1.82) is 0 Å². The van der Waals surface area contributed by atoms with Gasteiger partial charge in [0.25, 0.3) is 5.56 Å². The minimum Gasteiger partial charge on any atom is -0.497 e. The van der Waals surface area contributed by atoms with Gasteiger partial charge in [0.1, 0.15) is 16.9 Å². The molecule has 1 heterocycles. The maximum Gasteiger partial charge on any atom is 0.309 e. The van der Waals surface area contributed by atoms with Crippen molar-refractivity contribution in [2.45, 2.75) is 145 Å². The van der Waals surface area contributed by atoms with E-state index < -0.39 is 22.8 Å². The van der Waals surface area contributed by atoms with Gasteiger partial charge >= 0.3 is 11.9 Å². The number of halogens is 1. The largest absolute Gasteiger partial charge is 0.497 e. The van der Waals surface area contributed by atoms with E-state index in [-0.39, 0.29) is 62.4 Å². The van der Waals surface area contributed by atoms with Gasteiger partial charge in [0.05, 0.1) is 36.9 Å². The Hall–Kier alpha value is -3.37. The molecule has 0 saturated heterocycles. The Morgan fingerprint density at radius 1 is 0.933 bits per heavy atom. The number of carbonyl (C=O) groups excluding carboxylic acids is 2. The molecule has 2 aromatic rings. The minimum absolute atomic E-state index is 0.00850. The first-order valence-corrected chi connectivity index (χ1v) is 22.8. The van der Waals surface area contributed by atoms with E-state index in [1.54, 1.807) is 25.6 Å². The van der Waals surface area contributed by atoms with Crippen LogP contribution in [0.15, 0.2) is 40.2 Å². The first-order chi connectivity index (χ1) is 27.9. The van der Waals surface area contributed by atoms with Gasteiger partial charge in [0.2, 0.25) is 0 Å². The highest BCUT2D eigenvalue weighted by Gasteiger charge is 2.71. The van der Waals surface area contributed by atoms with Gasteiger partial charge < -0.3 is 19.5 Å². The van der Waals surface area contributed by atoms with Crippen molar-refractivity contribution < 1.29 is 29.0 Å². The third-order valence-electron chi connectivity index (χ3n) is 17.4. The Kier molecular flexibility index (Phi) is 11.3. The number of aliphatic carboxylic acids is 1. The van der Waals surface area contributed by atoms with Crippen LogP contribution in [-0.2, 0) is 31.1 Å². The fraction of sp³-hybridized carbons (Fsp3) is 0.714. The summed E-state index contributed by atoms with van der Waals surface area (Å²) in [6.07, 6.45) is 7.29. The summed E-state index contributed by atoms with van der Waals surface area (Å²) in [7, 11) is 5.69. The smallest absolute Gasteiger partial charge is 0.309 e. The summed E-state index contributed by atoms with van der Waals surface area (Å²) in [6.45, 7) is 20.8. The third kappa shape index (κ3) is 6.57. The van der Waals surface area contributed by atoms with Crippen LogP contribution in [-0.4, -0.2) is 70.9 Å². The second kappa shape index (κ2) is 15.2. The molecule has 1 aromatic heterocycles. The van der Waals surface area contributed by atoms with E-state index in [2.05, 4.69) is 58.0 Å². The number of hydrogen-bond donors (Lipinski definition) is 1. The van der Waals surface area contributed by atoms with Crippen molar-refractivity contribution in [3.8, 4) is 11.4 Å². The van der Waals surface area contributed by atoms with Crippen molar-refractivity contribution in [3.63, 3.8) is 0 Å². The minimum atomic E-state index is -1.19. The molecule has 1 aromatic carbocycles. The predicted octanol–water partition coefficient (Wildman–Crippen LogP) is 9.51. The summed E-state index contributed by atoms with van der Waals surface area (Å²) in [4.78, 5) is 56.4. The van der Waals surface area contributed by atoms with E-state index in [4.69, 9.17) is 21.1 Å². The number of Topliss-reactive ketones (excluding diaryl/α,β-unsaturated/α-hetero) is 1. The van der Waals surface area contributed by atoms with Crippen LogP contribution in [0.4, 0.5) is 0 Å². The number of likely N-dealkylation sites (N-methyl/N-ethyl adjacent to an activating group) is 1. The third-order valence-corrected chi connectivity index (χ3v) is 17.8. The Morgan fingerprint density at radius 3 is 2.20 bits per heavy atom. The highest BCUT2D eigenvalue weighted by Crippen LogP contribution is 2.77. The summed E-state index contributed by atoms with van der Waals surface area (Å²) in [5, 5.41) is 9.89. The Balaban J connectivity index is 1.29. The number of rotatable bonds is 11. The normalized spacial score (nSPS) is 33.6. The summed E-state index contributed by atoms with van der Waals surface area (Å²) in [5.41, 5.74) is 1.14. The highest BCUT2D eigenvalue weighted by atomic mass is 35.5. The molecule has 0 spiro atoms. The van der Waals surface area contributed by atoms with Gasteiger partial charge in [-0.25, -0.2) is 4.68 Å². The Bertz CT molecular complexity index is 2150. The topological polar surface area (TPSA) is 120 Å². The lowest BCUT2D eigenvalue weighted by Crippen LogP contribution is -2.66. The number of carboxylic acid groups (broad SMARTS) is 1. The number of hydrogen-bond acceptors (Lipinski definition) is 7. The maximum absolute atomic E-state index is 14.7. The maximum atomic E-state index is 14.7. The van der Waals surface area contributed by atoms with E-state index in [1.165, 1.54) is 5.57 Å². The molecule has 7 rings (SSSR count). The zero-order valence-corrected chi connectivity index (χ0v) is 39.1. The summed E-state index contributed by atoms with van der Waals surface area (Å²) in [5.74, 6) is 0.383. The fourth-order valence-corrected chi connectivity index (χ4v) is 14.6. The second-order valence-corrected chi connectivity index (χ2v) is 22.3. The number of nitrogens with zero attached hydrogens (tertiary/aromatic N) is 3. The quantitative estimate of drug-likeness (QED) is 0.222. The number of fused-ring (bicyclic) bond motifs is 7. The van der Waals surface area contributed by atoms with Crippen LogP contribution in [0.1, 0.15) is 132 Å². The molecule has 0 unspecified atom stereocenters. The molecular formula is C49H70ClN3O7. The summed E-state index contributed by atoms with van der Waals surface area (Å²) in [6, 6.07) is 7.52. The molecule has 0 radical (unpaired) electrons. The number of aromatic nitrogens is 2. The molecule has 8 atom stereocenters. The lowest BCUT2D eigenvalue weighted by molar-refractivity contribution is -0.232. The van der Waals surface area contributed by atoms with E-state index in [1.807, 2.05) is 38.4 Å². The molecule has 60 heavy (non-hydrogen) atoms. The van der Waals surface area contributed by atoms with Gasteiger partial charge in [-0.15, -0.1) is 0 Å². The Labute approximate surface area is 362 Å². The summed E-state index contributed by atoms with van der Waals surface area (Å²) < 4.78 is 15.5. The van der Waals surface area contributed by atoms with Crippen LogP contribution >= 0.6 is 11.6 Å².